The highest BCUT2D eigenvalue weighted by Gasteiger charge is 2.49. The maximum atomic E-state index is 14.9. The van der Waals surface area contributed by atoms with Gasteiger partial charge in [0.15, 0.2) is 0 Å². The van der Waals surface area contributed by atoms with E-state index in [9.17, 15) is 14.4 Å². The number of aromatic nitrogens is 2. The van der Waals surface area contributed by atoms with Crippen LogP contribution in [0.4, 0.5) is 11.4 Å². The SMILES string of the molecule is NCC(Nc1ccc2cnccc2c1)(C(=O)Nc1ccc2cnccc2c1)C(N)C(C(=O)Cc1ccccc1)c1cccc(COC(=O)C2CCCCC2)c1. The first kappa shape index (κ1) is 37.3. The molecule has 1 aliphatic carbocycles. The number of carbonyl (C=O) groups excluding carboxylic acids is 3. The van der Waals surface area contributed by atoms with Crippen molar-refractivity contribution in [2.24, 2.45) is 17.4 Å². The van der Waals surface area contributed by atoms with Crippen LogP contribution in [0.25, 0.3) is 21.5 Å². The highest BCUT2D eigenvalue weighted by molar-refractivity contribution is 6.04. The Balaban J connectivity index is 1.27. The summed E-state index contributed by atoms with van der Waals surface area (Å²) in [6.07, 6.45) is 11.9. The molecule has 3 unspecified atom stereocenters. The highest BCUT2D eigenvalue weighted by Crippen LogP contribution is 2.34. The van der Waals surface area contributed by atoms with Crippen molar-refractivity contribution in [1.82, 2.24) is 9.97 Å². The number of anilines is 2. The van der Waals surface area contributed by atoms with Crippen molar-refractivity contribution in [3.05, 3.63) is 145 Å². The van der Waals surface area contributed by atoms with Crippen molar-refractivity contribution >= 4 is 50.6 Å². The van der Waals surface area contributed by atoms with Gasteiger partial charge in [-0.3, -0.25) is 24.4 Å². The van der Waals surface area contributed by atoms with Crippen LogP contribution in [0.15, 0.2) is 128 Å². The molecule has 6 N–H and O–H groups in total. The van der Waals surface area contributed by atoms with Crippen molar-refractivity contribution in [3.63, 3.8) is 0 Å². The number of nitrogens with two attached hydrogens (primary N) is 2. The van der Waals surface area contributed by atoms with Gasteiger partial charge in [-0.2, -0.15) is 0 Å². The molecule has 1 amide bonds. The molecule has 1 aliphatic rings. The number of hydrogen-bond acceptors (Lipinski definition) is 9. The Morgan fingerprint density at radius 3 is 2.09 bits per heavy atom. The molecule has 7 rings (SSSR count). The fourth-order valence-corrected chi connectivity index (χ4v) is 7.67. The predicted molar refractivity (Wildman–Crippen MR) is 216 cm³/mol. The van der Waals surface area contributed by atoms with Crippen molar-refractivity contribution < 1.29 is 19.1 Å². The first-order valence-electron chi connectivity index (χ1n) is 18.9. The quantitative estimate of drug-likeness (QED) is 0.0857. The lowest BCUT2D eigenvalue weighted by molar-refractivity contribution is -0.151. The molecular weight excluding hydrogens is 689 g/mol. The van der Waals surface area contributed by atoms with Gasteiger partial charge in [-0.1, -0.05) is 86.0 Å². The molecule has 2 aromatic heterocycles. The summed E-state index contributed by atoms with van der Waals surface area (Å²) < 4.78 is 5.80. The van der Waals surface area contributed by atoms with E-state index in [1.807, 2.05) is 97.1 Å². The van der Waals surface area contributed by atoms with Gasteiger partial charge in [0.25, 0.3) is 5.91 Å². The van der Waals surface area contributed by atoms with Gasteiger partial charge < -0.3 is 26.8 Å². The lowest BCUT2D eigenvalue weighted by Gasteiger charge is -2.41. The Bertz CT molecular complexity index is 2290. The van der Waals surface area contributed by atoms with Gasteiger partial charge in [0, 0.05) is 59.9 Å². The predicted octanol–water partition coefficient (Wildman–Crippen LogP) is 7.08. The van der Waals surface area contributed by atoms with Crippen molar-refractivity contribution in [1.29, 1.82) is 0 Å². The van der Waals surface area contributed by atoms with E-state index in [0.717, 1.165) is 64.8 Å². The average Bonchev–Trinajstić information content (AvgIpc) is 3.22. The molecule has 2 heterocycles. The monoisotopic (exact) mass is 734 g/mol. The van der Waals surface area contributed by atoms with Gasteiger partial charge in [-0.05, 0) is 76.7 Å². The first-order chi connectivity index (χ1) is 26.8. The third-order valence-electron chi connectivity index (χ3n) is 10.8. The molecular formula is C45H46N6O4. The van der Waals surface area contributed by atoms with Crippen LogP contribution in [0.1, 0.15) is 54.7 Å². The van der Waals surface area contributed by atoms with E-state index in [0.29, 0.717) is 16.9 Å². The maximum absolute atomic E-state index is 14.9. The van der Waals surface area contributed by atoms with Gasteiger partial charge in [0.05, 0.1) is 17.9 Å². The first-order valence-corrected chi connectivity index (χ1v) is 18.9. The van der Waals surface area contributed by atoms with Crippen LogP contribution in [0.2, 0.25) is 0 Å². The molecule has 10 nitrogen and oxygen atoms in total. The maximum Gasteiger partial charge on any atom is 0.309 e. The van der Waals surface area contributed by atoms with Crippen LogP contribution in [0, 0.1) is 5.92 Å². The third-order valence-corrected chi connectivity index (χ3v) is 10.8. The summed E-state index contributed by atoms with van der Waals surface area (Å²) in [5.41, 5.74) is 15.6. The number of hydrogen-bond donors (Lipinski definition) is 4. The number of rotatable bonds is 14. The lowest BCUT2D eigenvalue weighted by Crippen LogP contribution is -2.68. The summed E-state index contributed by atoms with van der Waals surface area (Å²) in [5, 5.41) is 10.1. The molecule has 1 fully saturated rings. The zero-order valence-corrected chi connectivity index (χ0v) is 30.7. The van der Waals surface area contributed by atoms with E-state index < -0.39 is 23.4 Å². The van der Waals surface area contributed by atoms with E-state index >= 15 is 0 Å². The average molecular weight is 735 g/mol. The molecule has 0 bridgehead atoms. The summed E-state index contributed by atoms with van der Waals surface area (Å²) in [6, 6.07) is 30.6. The fraction of sp³-hybridized carbons (Fsp3) is 0.267. The number of ether oxygens (including phenoxy) is 1. The van der Waals surface area contributed by atoms with Crippen LogP contribution in [-0.2, 0) is 32.1 Å². The number of benzene rings is 4. The number of ketones is 1. The number of esters is 1. The Morgan fingerprint density at radius 2 is 1.40 bits per heavy atom. The number of amides is 1. The molecule has 3 atom stereocenters. The Labute approximate surface area is 320 Å². The number of fused-ring (bicyclic) bond motifs is 2. The number of Topliss-reactive ketones (excluding diaryl/α,β-unsaturated/α-hetero) is 1. The molecule has 1 saturated carbocycles. The van der Waals surface area contributed by atoms with E-state index in [1.54, 1.807) is 30.9 Å². The summed E-state index contributed by atoms with van der Waals surface area (Å²) in [6.45, 7) is -0.193. The fourth-order valence-electron chi connectivity index (χ4n) is 7.67. The Morgan fingerprint density at radius 1 is 0.745 bits per heavy atom. The Hall–Kier alpha value is -5.97. The van der Waals surface area contributed by atoms with E-state index in [4.69, 9.17) is 16.2 Å². The summed E-state index contributed by atoms with van der Waals surface area (Å²) in [5.74, 6) is -1.97. The summed E-state index contributed by atoms with van der Waals surface area (Å²) in [7, 11) is 0. The van der Waals surface area contributed by atoms with Gasteiger partial charge in [0.1, 0.15) is 17.9 Å². The number of pyridine rings is 2. The second kappa shape index (κ2) is 17.0. The lowest BCUT2D eigenvalue weighted by atomic mass is 9.74. The second-order valence-electron chi connectivity index (χ2n) is 14.4. The molecule has 10 heteroatoms. The zero-order valence-electron chi connectivity index (χ0n) is 30.7. The molecule has 0 saturated heterocycles. The summed E-state index contributed by atoms with van der Waals surface area (Å²) >= 11 is 0. The highest BCUT2D eigenvalue weighted by atomic mass is 16.5. The van der Waals surface area contributed by atoms with Crippen LogP contribution in [0.5, 0.6) is 0 Å². The van der Waals surface area contributed by atoms with Crippen molar-refractivity contribution in [3.8, 4) is 0 Å². The van der Waals surface area contributed by atoms with E-state index in [1.165, 1.54) is 0 Å². The summed E-state index contributed by atoms with van der Waals surface area (Å²) in [4.78, 5) is 51.0. The molecule has 0 radical (unpaired) electrons. The number of carbonyl (C=O) groups is 3. The normalized spacial score (nSPS) is 15.5. The molecule has 6 aromatic rings. The molecule has 280 valence electrons. The van der Waals surface area contributed by atoms with E-state index in [-0.39, 0.29) is 37.2 Å². The minimum Gasteiger partial charge on any atom is -0.461 e. The van der Waals surface area contributed by atoms with Crippen LogP contribution in [0.3, 0.4) is 0 Å². The van der Waals surface area contributed by atoms with Crippen LogP contribution < -0.4 is 22.1 Å². The largest absolute Gasteiger partial charge is 0.461 e. The van der Waals surface area contributed by atoms with Gasteiger partial charge >= 0.3 is 5.97 Å². The zero-order chi connectivity index (χ0) is 38.2. The third kappa shape index (κ3) is 8.56. The molecule has 4 aromatic carbocycles. The van der Waals surface area contributed by atoms with Gasteiger partial charge in [-0.15, -0.1) is 0 Å². The van der Waals surface area contributed by atoms with Crippen LogP contribution >= 0.6 is 0 Å². The van der Waals surface area contributed by atoms with Crippen molar-refractivity contribution in [2.45, 2.75) is 62.6 Å². The molecule has 55 heavy (non-hydrogen) atoms. The van der Waals surface area contributed by atoms with Gasteiger partial charge in [-0.25, -0.2) is 0 Å². The second-order valence-corrected chi connectivity index (χ2v) is 14.4. The molecule has 0 aliphatic heterocycles. The minimum absolute atomic E-state index is 0.0577. The number of nitrogens with zero attached hydrogens (tertiary/aromatic N) is 2. The van der Waals surface area contributed by atoms with Gasteiger partial charge in [0.2, 0.25) is 0 Å². The number of nitrogens with one attached hydrogen (secondary N) is 2. The van der Waals surface area contributed by atoms with Crippen molar-refractivity contribution in [2.75, 3.05) is 17.2 Å². The van der Waals surface area contributed by atoms with Crippen LogP contribution in [-0.4, -0.2) is 45.8 Å². The standard InChI is InChI=1S/C45H46N6O4/c46-29-45(51-39-17-15-37-27-49-21-19-34(37)25-39,44(54)50-38-16-14-36-26-48-20-18-33(36)24-38)42(47)41(40(52)23-30-8-3-1-4-9-30)35-13-7-10-31(22-35)28-55-43(53)32-11-5-2-6-12-32/h1,3-4,7-10,13-22,24-27,32,41-42,51H,2,5-6,11-12,23,28-29,46-47H2,(H,50,54). The molecule has 0 spiro atoms. The Kier molecular flexibility index (Phi) is 11.6. The smallest absolute Gasteiger partial charge is 0.309 e. The topological polar surface area (TPSA) is 162 Å². The minimum atomic E-state index is -1.70. The van der Waals surface area contributed by atoms with E-state index in [2.05, 4.69) is 20.6 Å².